The monoisotopic (exact) mass is 187 g/mol. The van der Waals surface area contributed by atoms with Gasteiger partial charge >= 0.3 is 0 Å². The second-order valence-electron chi connectivity index (χ2n) is 3.03. The Morgan fingerprint density at radius 3 is 2.85 bits per heavy atom. The van der Waals surface area contributed by atoms with Crippen LogP contribution in [0, 0.1) is 5.82 Å². The normalized spacial score (nSPS) is 20.2. The van der Waals surface area contributed by atoms with Crippen molar-refractivity contribution in [1.82, 2.24) is 0 Å². The zero-order valence-corrected chi connectivity index (χ0v) is 6.73. The molecule has 0 aromatic heterocycles. The summed E-state index contributed by atoms with van der Waals surface area (Å²) in [5.41, 5.74) is 0.614. The molecule has 1 atom stereocenters. The predicted molar refractivity (Wildman–Crippen MR) is 43.6 cm³/mol. The first-order valence-corrected chi connectivity index (χ1v) is 4.00. The molecule has 0 amide bonds. The summed E-state index contributed by atoms with van der Waals surface area (Å²) in [6, 6.07) is 4.26. The molecule has 0 saturated heterocycles. The molecule has 0 fully saturated rings. The highest BCUT2D eigenvalue weighted by Gasteiger charge is 2.31. The molecule has 0 aliphatic carbocycles. The summed E-state index contributed by atoms with van der Waals surface area (Å²) in [4.78, 5) is 0. The number of alkyl halides is 2. The Hall–Kier alpha value is -1.19. The standard InChI is InChI=1S/C9H8F3N/c10-7-3-1-2-5-6(9(11)12)4-13-8(5)7/h1-3,6,9,13H,4H2. The van der Waals surface area contributed by atoms with Gasteiger partial charge in [0.05, 0.1) is 11.6 Å². The van der Waals surface area contributed by atoms with Gasteiger partial charge in [-0.1, -0.05) is 12.1 Å². The van der Waals surface area contributed by atoms with Crippen molar-refractivity contribution < 1.29 is 13.2 Å². The number of anilines is 1. The topological polar surface area (TPSA) is 12.0 Å². The maximum absolute atomic E-state index is 13.0. The summed E-state index contributed by atoms with van der Waals surface area (Å²) in [6.07, 6.45) is -2.43. The lowest BCUT2D eigenvalue weighted by Crippen LogP contribution is -2.10. The lowest BCUT2D eigenvalue weighted by atomic mass is 10.0. The van der Waals surface area contributed by atoms with Gasteiger partial charge in [0, 0.05) is 6.54 Å². The third-order valence-corrected chi connectivity index (χ3v) is 2.25. The number of nitrogens with one attached hydrogen (secondary N) is 1. The molecule has 1 aromatic carbocycles. The van der Waals surface area contributed by atoms with Crippen LogP contribution >= 0.6 is 0 Å². The molecule has 13 heavy (non-hydrogen) atoms. The second-order valence-corrected chi connectivity index (χ2v) is 3.03. The summed E-state index contributed by atoms with van der Waals surface area (Å²) in [5.74, 6) is -1.33. The van der Waals surface area contributed by atoms with E-state index < -0.39 is 18.2 Å². The first-order chi connectivity index (χ1) is 6.20. The van der Waals surface area contributed by atoms with Crippen molar-refractivity contribution in [2.75, 3.05) is 11.9 Å². The van der Waals surface area contributed by atoms with Crippen LogP contribution in [-0.4, -0.2) is 13.0 Å². The van der Waals surface area contributed by atoms with E-state index in [1.54, 1.807) is 0 Å². The minimum atomic E-state index is -2.43. The molecule has 2 rings (SSSR count). The largest absolute Gasteiger partial charge is 0.382 e. The molecule has 1 nitrogen and oxygen atoms in total. The number of rotatable bonds is 1. The molecule has 0 bridgehead atoms. The van der Waals surface area contributed by atoms with E-state index in [0.29, 0.717) is 5.56 Å². The Balaban J connectivity index is 2.43. The van der Waals surface area contributed by atoms with Crippen LogP contribution in [0.2, 0.25) is 0 Å². The van der Waals surface area contributed by atoms with E-state index in [9.17, 15) is 13.2 Å². The van der Waals surface area contributed by atoms with Gasteiger partial charge < -0.3 is 5.32 Å². The fraction of sp³-hybridized carbons (Fsp3) is 0.333. The van der Waals surface area contributed by atoms with Crippen molar-refractivity contribution in [3.05, 3.63) is 29.6 Å². The van der Waals surface area contributed by atoms with Crippen LogP contribution < -0.4 is 5.32 Å². The van der Waals surface area contributed by atoms with Gasteiger partial charge in [0.1, 0.15) is 5.82 Å². The van der Waals surface area contributed by atoms with Crippen LogP contribution in [0.1, 0.15) is 11.5 Å². The quantitative estimate of drug-likeness (QED) is 0.712. The molecule has 0 radical (unpaired) electrons. The van der Waals surface area contributed by atoms with E-state index in [-0.39, 0.29) is 12.2 Å². The summed E-state index contributed by atoms with van der Waals surface area (Å²) in [7, 11) is 0. The van der Waals surface area contributed by atoms with Crippen molar-refractivity contribution in [2.24, 2.45) is 0 Å². The van der Waals surface area contributed by atoms with Crippen LogP contribution in [0.3, 0.4) is 0 Å². The maximum Gasteiger partial charge on any atom is 0.247 e. The van der Waals surface area contributed by atoms with Gasteiger partial charge in [-0.3, -0.25) is 0 Å². The average molecular weight is 187 g/mol. The molecule has 1 unspecified atom stereocenters. The summed E-state index contributed by atoms with van der Waals surface area (Å²) < 4.78 is 37.8. The van der Waals surface area contributed by atoms with Gasteiger partial charge in [0.2, 0.25) is 6.43 Å². The van der Waals surface area contributed by atoms with Gasteiger partial charge in [-0.15, -0.1) is 0 Å². The molecular weight excluding hydrogens is 179 g/mol. The predicted octanol–water partition coefficient (Wildman–Crippen LogP) is 2.60. The fourth-order valence-electron chi connectivity index (χ4n) is 1.58. The summed E-state index contributed by atoms with van der Waals surface area (Å²) >= 11 is 0. The number of hydrogen-bond acceptors (Lipinski definition) is 1. The zero-order valence-electron chi connectivity index (χ0n) is 6.73. The highest BCUT2D eigenvalue weighted by Crippen LogP contribution is 2.36. The van der Waals surface area contributed by atoms with Gasteiger partial charge in [-0.2, -0.15) is 0 Å². The third kappa shape index (κ3) is 1.26. The lowest BCUT2D eigenvalue weighted by Gasteiger charge is -2.07. The molecule has 1 aromatic rings. The number of benzene rings is 1. The number of hydrogen-bond donors (Lipinski definition) is 1. The second kappa shape index (κ2) is 2.94. The molecule has 4 heteroatoms. The highest BCUT2D eigenvalue weighted by atomic mass is 19.3. The van der Waals surface area contributed by atoms with Crippen LogP contribution in [0.15, 0.2) is 18.2 Å². The van der Waals surface area contributed by atoms with Gasteiger partial charge in [-0.25, -0.2) is 13.2 Å². The van der Waals surface area contributed by atoms with Crippen molar-refractivity contribution in [2.45, 2.75) is 12.3 Å². The average Bonchev–Trinajstić information content (AvgIpc) is 2.48. The summed E-state index contributed by atoms with van der Waals surface area (Å²) in [5, 5.41) is 2.64. The molecule has 0 saturated carbocycles. The molecule has 70 valence electrons. The molecule has 1 heterocycles. The Labute approximate surface area is 73.6 Å². The van der Waals surface area contributed by atoms with E-state index >= 15 is 0 Å². The molecule has 0 spiro atoms. The fourth-order valence-corrected chi connectivity index (χ4v) is 1.58. The smallest absolute Gasteiger partial charge is 0.247 e. The van der Waals surface area contributed by atoms with E-state index in [1.807, 2.05) is 0 Å². The van der Waals surface area contributed by atoms with Crippen molar-refractivity contribution in [3.8, 4) is 0 Å². The Bertz CT molecular complexity index is 325. The number of fused-ring (bicyclic) bond motifs is 1. The molecule has 1 aliphatic rings. The Morgan fingerprint density at radius 1 is 1.38 bits per heavy atom. The third-order valence-electron chi connectivity index (χ3n) is 2.25. The first-order valence-electron chi connectivity index (χ1n) is 4.00. The van der Waals surface area contributed by atoms with Crippen molar-refractivity contribution in [3.63, 3.8) is 0 Å². The van der Waals surface area contributed by atoms with Gasteiger partial charge in [-0.05, 0) is 11.6 Å². The minimum absolute atomic E-state index is 0.119. The van der Waals surface area contributed by atoms with Gasteiger partial charge in [0.15, 0.2) is 0 Å². The first kappa shape index (κ1) is 8.41. The summed E-state index contributed by atoms with van der Waals surface area (Å²) in [6.45, 7) is 0.119. The zero-order chi connectivity index (χ0) is 9.42. The maximum atomic E-state index is 13.0. The highest BCUT2D eigenvalue weighted by molar-refractivity contribution is 5.58. The van der Waals surface area contributed by atoms with Gasteiger partial charge in [0.25, 0.3) is 0 Å². The lowest BCUT2D eigenvalue weighted by molar-refractivity contribution is 0.121. The van der Waals surface area contributed by atoms with E-state index in [4.69, 9.17) is 0 Å². The van der Waals surface area contributed by atoms with Crippen molar-refractivity contribution >= 4 is 5.69 Å². The molecule has 1 N–H and O–H groups in total. The van der Waals surface area contributed by atoms with E-state index in [1.165, 1.54) is 18.2 Å². The van der Waals surface area contributed by atoms with Crippen LogP contribution in [0.4, 0.5) is 18.9 Å². The Kier molecular flexibility index (Phi) is 1.90. The molecular formula is C9H8F3N. The van der Waals surface area contributed by atoms with E-state index in [0.717, 1.165) is 0 Å². The number of para-hydroxylation sites is 1. The Morgan fingerprint density at radius 2 is 2.15 bits per heavy atom. The van der Waals surface area contributed by atoms with Crippen molar-refractivity contribution in [1.29, 1.82) is 0 Å². The molecule has 1 aliphatic heterocycles. The number of halogens is 3. The van der Waals surface area contributed by atoms with Crippen LogP contribution in [-0.2, 0) is 0 Å². The minimum Gasteiger partial charge on any atom is -0.382 e. The SMILES string of the molecule is Fc1cccc2c1NCC2C(F)F. The van der Waals surface area contributed by atoms with Crippen LogP contribution in [0.25, 0.3) is 0 Å². The van der Waals surface area contributed by atoms with Crippen LogP contribution in [0.5, 0.6) is 0 Å². The van der Waals surface area contributed by atoms with E-state index in [2.05, 4.69) is 5.32 Å².